The van der Waals surface area contributed by atoms with E-state index in [9.17, 15) is 9.59 Å². The Morgan fingerprint density at radius 3 is 2.37 bits per heavy atom. The number of oxazole rings is 1. The molecule has 35 heavy (non-hydrogen) atoms. The lowest BCUT2D eigenvalue weighted by Crippen LogP contribution is -2.30. The number of rotatable bonds is 9. The highest BCUT2D eigenvalue weighted by atomic mass is 35.5. The van der Waals surface area contributed by atoms with Crippen LogP contribution in [0.15, 0.2) is 75.7 Å². The molecule has 2 aromatic carbocycles. The van der Waals surface area contributed by atoms with E-state index in [1.54, 1.807) is 31.4 Å². The van der Waals surface area contributed by atoms with E-state index >= 15 is 0 Å². The highest BCUT2D eigenvalue weighted by Gasteiger charge is 2.16. The second-order valence-electron chi connectivity index (χ2n) is 8.17. The number of amides is 1. The van der Waals surface area contributed by atoms with Gasteiger partial charge in [0.2, 0.25) is 0 Å². The SMILES string of the molecule is Cc1ccc(-c2cnc(CCC(=O)OCC(=O)N(C)Cc3ccc(-c4ccc(Cl)cc4)o3)o2)cc1. The predicted molar refractivity (Wildman–Crippen MR) is 132 cm³/mol. The van der Waals surface area contributed by atoms with E-state index < -0.39 is 5.97 Å². The molecule has 180 valence electrons. The number of likely N-dealkylation sites (N-methyl/N-ethyl adjacent to an activating group) is 1. The molecule has 0 radical (unpaired) electrons. The third-order valence-electron chi connectivity index (χ3n) is 5.40. The van der Waals surface area contributed by atoms with Crippen LogP contribution in [-0.4, -0.2) is 35.4 Å². The smallest absolute Gasteiger partial charge is 0.306 e. The number of carbonyl (C=O) groups is 2. The first-order valence-electron chi connectivity index (χ1n) is 11.1. The Morgan fingerprint density at radius 2 is 1.63 bits per heavy atom. The zero-order valence-corrected chi connectivity index (χ0v) is 20.2. The molecule has 1 amide bonds. The van der Waals surface area contributed by atoms with Crippen LogP contribution in [0.1, 0.15) is 23.6 Å². The first kappa shape index (κ1) is 24.3. The molecular weight excluding hydrogens is 468 g/mol. The van der Waals surface area contributed by atoms with E-state index in [0.717, 1.165) is 16.7 Å². The first-order valence-corrected chi connectivity index (χ1v) is 11.5. The van der Waals surface area contributed by atoms with Gasteiger partial charge in [0.25, 0.3) is 5.91 Å². The number of ether oxygens (including phenoxy) is 1. The fourth-order valence-electron chi connectivity index (χ4n) is 3.36. The van der Waals surface area contributed by atoms with Crippen LogP contribution < -0.4 is 0 Å². The summed E-state index contributed by atoms with van der Waals surface area (Å²) >= 11 is 5.92. The highest BCUT2D eigenvalue weighted by molar-refractivity contribution is 6.30. The molecule has 0 aliphatic heterocycles. The Balaban J connectivity index is 1.21. The van der Waals surface area contributed by atoms with Crippen molar-refractivity contribution in [2.75, 3.05) is 13.7 Å². The lowest BCUT2D eigenvalue weighted by molar-refractivity contribution is -0.151. The number of hydrogen-bond acceptors (Lipinski definition) is 6. The number of esters is 1. The molecule has 2 heterocycles. The Hall–Kier alpha value is -3.84. The Kier molecular flexibility index (Phi) is 7.67. The zero-order valence-electron chi connectivity index (χ0n) is 19.5. The normalized spacial score (nSPS) is 10.8. The molecule has 0 saturated carbocycles. The molecule has 4 aromatic rings. The van der Waals surface area contributed by atoms with E-state index in [1.807, 2.05) is 49.4 Å². The van der Waals surface area contributed by atoms with E-state index in [1.165, 1.54) is 4.90 Å². The van der Waals surface area contributed by atoms with Crippen LogP contribution in [0.25, 0.3) is 22.6 Å². The number of benzene rings is 2. The van der Waals surface area contributed by atoms with E-state index in [-0.39, 0.29) is 31.9 Å². The molecule has 0 unspecified atom stereocenters. The van der Waals surface area contributed by atoms with Crippen molar-refractivity contribution >= 4 is 23.5 Å². The number of aryl methyl sites for hydroxylation is 2. The van der Waals surface area contributed by atoms with Crippen LogP contribution in [-0.2, 0) is 27.3 Å². The minimum Gasteiger partial charge on any atom is -0.459 e. The maximum absolute atomic E-state index is 12.4. The van der Waals surface area contributed by atoms with Gasteiger partial charge in [0.05, 0.1) is 19.2 Å². The van der Waals surface area contributed by atoms with E-state index in [2.05, 4.69) is 4.98 Å². The lowest BCUT2D eigenvalue weighted by atomic mass is 10.1. The van der Waals surface area contributed by atoms with Gasteiger partial charge in [-0.1, -0.05) is 41.4 Å². The van der Waals surface area contributed by atoms with Crippen LogP contribution in [0.4, 0.5) is 0 Å². The van der Waals surface area contributed by atoms with Crippen molar-refractivity contribution < 1.29 is 23.2 Å². The number of carbonyl (C=O) groups excluding carboxylic acids is 2. The fraction of sp³-hybridized carbons (Fsp3) is 0.222. The molecule has 0 saturated heterocycles. The van der Waals surface area contributed by atoms with Gasteiger partial charge in [-0.25, -0.2) is 4.98 Å². The minimum atomic E-state index is -0.496. The average Bonchev–Trinajstić information content (AvgIpc) is 3.52. The third kappa shape index (κ3) is 6.61. The Morgan fingerprint density at radius 1 is 0.943 bits per heavy atom. The van der Waals surface area contributed by atoms with Crippen molar-refractivity contribution in [3.05, 3.63) is 89.1 Å². The molecule has 2 aromatic heterocycles. The van der Waals surface area contributed by atoms with Gasteiger partial charge in [-0.05, 0) is 43.3 Å². The Labute approximate surface area is 208 Å². The standard InChI is InChI=1S/C27H25ClN2O5/c1-18-3-5-20(6-4-18)24-15-29-25(35-24)13-14-27(32)33-17-26(31)30(2)16-22-11-12-23(34-22)19-7-9-21(28)10-8-19/h3-12,15H,13-14,16-17H2,1-2H3. The van der Waals surface area contributed by atoms with Gasteiger partial charge in [0.1, 0.15) is 11.5 Å². The van der Waals surface area contributed by atoms with Gasteiger partial charge in [0, 0.05) is 29.6 Å². The zero-order chi connectivity index (χ0) is 24.8. The molecule has 7 nitrogen and oxygen atoms in total. The summed E-state index contributed by atoms with van der Waals surface area (Å²) in [5, 5.41) is 0.646. The summed E-state index contributed by atoms with van der Waals surface area (Å²) in [6.07, 6.45) is 1.99. The van der Waals surface area contributed by atoms with Crippen molar-refractivity contribution in [1.82, 2.24) is 9.88 Å². The predicted octanol–water partition coefficient (Wildman–Crippen LogP) is 5.70. The lowest BCUT2D eigenvalue weighted by Gasteiger charge is -2.15. The largest absolute Gasteiger partial charge is 0.459 e. The number of hydrogen-bond donors (Lipinski definition) is 0. The molecule has 0 N–H and O–H groups in total. The topological polar surface area (TPSA) is 85.8 Å². The summed E-state index contributed by atoms with van der Waals surface area (Å²) in [5.41, 5.74) is 2.96. The summed E-state index contributed by atoms with van der Waals surface area (Å²) in [6.45, 7) is 1.92. The fourth-order valence-corrected chi connectivity index (χ4v) is 3.49. The van der Waals surface area contributed by atoms with Crippen molar-refractivity contribution in [2.45, 2.75) is 26.3 Å². The van der Waals surface area contributed by atoms with E-state index in [4.69, 9.17) is 25.2 Å². The van der Waals surface area contributed by atoms with Crippen molar-refractivity contribution in [3.8, 4) is 22.6 Å². The van der Waals surface area contributed by atoms with Crippen LogP contribution in [0, 0.1) is 6.92 Å². The van der Waals surface area contributed by atoms with E-state index in [0.29, 0.717) is 28.2 Å². The Bertz CT molecular complexity index is 1290. The molecule has 0 spiro atoms. The third-order valence-corrected chi connectivity index (χ3v) is 5.65. The summed E-state index contributed by atoms with van der Waals surface area (Å²) in [7, 11) is 1.63. The van der Waals surface area contributed by atoms with Crippen molar-refractivity contribution in [2.24, 2.45) is 0 Å². The van der Waals surface area contributed by atoms with Gasteiger partial charge in [-0.3, -0.25) is 9.59 Å². The van der Waals surface area contributed by atoms with Crippen LogP contribution >= 0.6 is 11.6 Å². The summed E-state index contributed by atoms with van der Waals surface area (Å²) in [4.78, 5) is 30.2. The second kappa shape index (κ2) is 11.1. The highest BCUT2D eigenvalue weighted by Crippen LogP contribution is 2.24. The number of aromatic nitrogens is 1. The van der Waals surface area contributed by atoms with Crippen molar-refractivity contribution in [3.63, 3.8) is 0 Å². The maximum atomic E-state index is 12.4. The van der Waals surface area contributed by atoms with Gasteiger partial charge >= 0.3 is 5.97 Å². The van der Waals surface area contributed by atoms with Gasteiger partial charge in [-0.15, -0.1) is 0 Å². The summed E-state index contributed by atoms with van der Waals surface area (Å²) in [6, 6.07) is 18.8. The van der Waals surface area contributed by atoms with Gasteiger partial charge in [0.15, 0.2) is 18.3 Å². The molecule has 0 aliphatic rings. The summed E-state index contributed by atoms with van der Waals surface area (Å²) in [5.74, 6) is 1.55. The molecule has 0 fully saturated rings. The van der Waals surface area contributed by atoms with Gasteiger partial charge in [-0.2, -0.15) is 0 Å². The van der Waals surface area contributed by atoms with Crippen LogP contribution in [0.3, 0.4) is 0 Å². The molecule has 8 heteroatoms. The molecule has 0 aliphatic carbocycles. The second-order valence-corrected chi connectivity index (χ2v) is 8.60. The molecule has 0 atom stereocenters. The monoisotopic (exact) mass is 492 g/mol. The number of nitrogens with zero attached hydrogens (tertiary/aromatic N) is 2. The number of furan rings is 1. The average molecular weight is 493 g/mol. The quantitative estimate of drug-likeness (QED) is 0.279. The maximum Gasteiger partial charge on any atom is 0.306 e. The first-order chi connectivity index (χ1) is 16.9. The van der Waals surface area contributed by atoms with Gasteiger partial charge < -0.3 is 18.5 Å². The number of halogens is 1. The minimum absolute atomic E-state index is 0.0630. The molecule has 0 bridgehead atoms. The van der Waals surface area contributed by atoms with Crippen molar-refractivity contribution in [1.29, 1.82) is 0 Å². The van der Waals surface area contributed by atoms with Crippen LogP contribution in [0.5, 0.6) is 0 Å². The summed E-state index contributed by atoms with van der Waals surface area (Å²) < 4.78 is 16.7. The molecule has 4 rings (SSSR count). The molecular formula is C27H25ClN2O5. The van der Waals surface area contributed by atoms with Crippen LogP contribution in [0.2, 0.25) is 5.02 Å².